The van der Waals surface area contributed by atoms with Gasteiger partial charge in [0.05, 0.1) is 12.1 Å². The Morgan fingerprint density at radius 2 is 1.76 bits per heavy atom. The molecule has 0 saturated heterocycles. The number of fused-ring (bicyclic) bond motifs is 1. The van der Waals surface area contributed by atoms with E-state index in [0.29, 0.717) is 42.8 Å². The summed E-state index contributed by atoms with van der Waals surface area (Å²) in [6.07, 6.45) is 2.22. The lowest BCUT2D eigenvalue weighted by Gasteiger charge is -2.34. The highest BCUT2D eigenvalue weighted by molar-refractivity contribution is 5.25. The average molecular weight is 401 g/mol. The van der Waals surface area contributed by atoms with Crippen molar-refractivity contribution in [1.82, 2.24) is 14.3 Å². The van der Waals surface area contributed by atoms with Gasteiger partial charge in [-0.1, -0.05) is 6.07 Å². The van der Waals surface area contributed by atoms with Crippen molar-refractivity contribution in [1.29, 1.82) is 0 Å². The van der Waals surface area contributed by atoms with Gasteiger partial charge in [0.15, 0.2) is 0 Å². The predicted molar refractivity (Wildman–Crippen MR) is 98.4 cm³/mol. The third-order valence-electron chi connectivity index (χ3n) is 5.64. The molecule has 1 saturated carbocycles. The third kappa shape index (κ3) is 3.22. The first kappa shape index (κ1) is 18.0. The molecule has 1 aliphatic heterocycles. The number of aromatic nitrogens is 3. The number of hydrogen-bond acceptors (Lipinski definition) is 3. The molecule has 1 aromatic heterocycles. The van der Waals surface area contributed by atoms with E-state index >= 15 is 0 Å². The molecule has 29 heavy (non-hydrogen) atoms. The summed E-state index contributed by atoms with van der Waals surface area (Å²) < 4.78 is 49.2. The van der Waals surface area contributed by atoms with E-state index in [4.69, 9.17) is 4.74 Å². The van der Waals surface area contributed by atoms with Gasteiger partial charge in [-0.3, -0.25) is 4.57 Å². The topological polar surface area (TPSA) is 49.0 Å². The van der Waals surface area contributed by atoms with Gasteiger partial charge < -0.3 is 4.74 Å². The summed E-state index contributed by atoms with van der Waals surface area (Å²) in [5, 5.41) is 4.45. The molecular weight excluding hydrogens is 383 g/mol. The summed E-state index contributed by atoms with van der Waals surface area (Å²) in [7, 11) is 0. The first-order valence-electron chi connectivity index (χ1n) is 9.56. The SMILES string of the molecule is O=c1n2c(nn1[C@H]1C[C@H](Oc3cccc(F)c3)C1)CC[C@H]2c1cc(F)cc(F)c1. The summed E-state index contributed by atoms with van der Waals surface area (Å²) in [5.41, 5.74) is 0.158. The Balaban J connectivity index is 1.34. The molecule has 5 nitrogen and oxygen atoms in total. The normalized spacial score (nSPS) is 22.9. The number of aryl methyl sites for hydroxylation is 1. The molecule has 2 aliphatic rings. The molecule has 1 fully saturated rings. The van der Waals surface area contributed by atoms with Crippen molar-refractivity contribution < 1.29 is 17.9 Å². The molecule has 8 heteroatoms. The predicted octanol–water partition coefficient (Wildman–Crippen LogP) is 3.78. The van der Waals surface area contributed by atoms with Crippen LogP contribution in [0.15, 0.2) is 47.3 Å². The van der Waals surface area contributed by atoms with Crippen molar-refractivity contribution in [3.05, 3.63) is 81.8 Å². The quantitative estimate of drug-likeness (QED) is 0.669. The van der Waals surface area contributed by atoms with Crippen LogP contribution in [0.1, 0.15) is 42.7 Å². The minimum absolute atomic E-state index is 0.107. The van der Waals surface area contributed by atoms with Crippen LogP contribution in [0.25, 0.3) is 0 Å². The Hall–Kier alpha value is -3.03. The molecule has 0 bridgehead atoms. The van der Waals surface area contributed by atoms with Crippen LogP contribution in [0, 0.1) is 17.5 Å². The van der Waals surface area contributed by atoms with Crippen LogP contribution in [0.2, 0.25) is 0 Å². The molecule has 150 valence electrons. The zero-order valence-corrected chi connectivity index (χ0v) is 15.4. The molecule has 3 aromatic rings. The van der Waals surface area contributed by atoms with Crippen LogP contribution >= 0.6 is 0 Å². The number of ether oxygens (including phenoxy) is 1. The van der Waals surface area contributed by atoms with Gasteiger partial charge in [0.1, 0.15) is 35.1 Å². The molecule has 1 atom stereocenters. The van der Waals surface area contributed by atoms with Crippen LogP contribution in [0.5, 0.6) is 5.75 Å². The lowest BCUT2D eigenvalue weighted by Crippen LogP contribution is -2.41. The van der Waals surface area contributed by atoms with Crippen LogP contribution in [-0.2, 0) is 6.42 Å². The number of halogens is 3. The van der Waals surface area contributed by atoms with Gasteiger partial charge in [-0.25, -0.2) is 22.6 Å². The van der Waals surface area contributed by atoms with Crippen LogP contribution in [0.4, 0.5) is 13.2 Å². The maximum atomic E-state index is 13.6. The molecular formula is C21H18F3N3O2. The Labute approximate surface area is 164 Å². The van der Waals surface area contributed by atoms with E-state index in [-0.39, 0.29) is 23.7 Å². The van der Waals surface area contributed by atoms with Gasteiger partial charge in [-0.05, 0) is 36.2 Å². The maximum Gasteiger partial charge on any atom is 0.346 e. The van der Waals surface area contributed by atoms with E-state index in [2.05, 4.69) is 5.10 Å². The second kappa shape index (κ2) is 6.79. The molecule has 0 radical (unpaired) electrons. The third-order valence-corrected chi connectivity index (χ3v) is 5.64. The van der Waals surface area contributed by atoms with E-state index in [1.54, 1.807) is 12.1 Å². The molecule has 0 amide bonds. The summed E-state index contributed by atoms with van der Waals surface area (Å²) >= 11 is 0. The minimum atomic E-state index is -0.662. The highest BCUT2D eigenvalue weighted by Gasteiger charge is 2.37. The van der Waals surface area contributed by atoms with E-state index in [1.807, 2.05) is 0 Å². The Morgan fingerprint density at radius 1 is 1.00 bits per heavy atom. The molecule has 0 unspecified atom stereocenters. The van der Waals surface area contributed by atoms with Gasteiger partial charge >= 0.3 is 5.69 Å². The zero-order valence-electron chi connectivity index (χ0n) is 15.4. The van der Waals surface area contributed by atoms with Crippen LogP contribution in [-0.4, -0.2) is 20.5 Å². The number of rotatable bonds is 4. The van der Waals surface area contributed by atoms with Gasteiger partial charge in [-0.15, -0.1) is 0 Å². The maximum absolute atomic E-state index is 13.6. The smallest absolute Gasteiger partial charge is 0.346 e. The molecule has 2 aromatic carbocycles. The Kier molecular flexibility index (Phi) is 4.22. The van der Waals surface area contributed by atoms with Crippen molar-refractivity contribution in [3.8, 4) is 5.75 Å². The first-order valence-corrected chi connectivity index (χ1v) is 9.56. The van der Waals surface area contributed by atoms with Crippen LogP contribution in [0.3, 0.4) is 0 Å². The second-order valence-corrected chi connectivity index (χ2v) is 7.59. The van der Waals surface area contributed by atoms with Crippen molar-refractivity contribution in [3.63, 3.8) is 0 Å². The second-order valence-electron chi connectivity index (χ2n) is 7.59. The van der Waals surface area contributed by atoms with E-state index in [0.717, 1.165) is 6.07 Å². The first-order chi connectivity index (χ1) is 14.0. The number of nitrogens with zero attached hydrogens (tertiary/aromatic N) is 3. The molecule has 1 aliphatic carbocycles. The fourth-order valence-electron chi connectivity index (χ4n) is 4.20. The molecule has 5 rings (SSSR count). The Bertz CT molecular complexity index is 1110. The van der Waals surface area contributed by atoms with Crippen molar-refractivity contribution in [2.45, 2.75) is 43.9 Å². The highest BCUT2D eigenvalue weighted by Crippen LogP contribution is 2.36. The van der Waals surface area contributed by atoms with Crippen molar-refractivity contribution in [2.75, 3.05) is 0 Å². The summed E-state index contributed by atoms with van der Waals surface area (Å²) in [6.45, 7) is 0. The molecule has 0 N–H and O–H groups in total. The van der Waals surface area contributed by atoms with Gasteiger partial charge in [0.2, 0.25) is 0 Å². The van der Waals surface area contributed by atoms with E-state index < -0.39 is 17.7 Å². The number of benzene rings is 2. The number of hydrogen-bond donors (Lipinski definition) is 0. The highest BCUT2D eigenvalue weighted by atomic mass is 19.1. The average Bonchev–Trinajstić information content (AvgIpc) is 3.18. The largest absolute Gasteiger partial charge is 0.490 e. The van der Waals surface area contributed by atoms with Gasteiger partial charge in [-0.2, -0.15) is 5.10 Å². The van der Waals surface area contributed by atoms with Crippen molar-refractivity contribution in [2.24, 2.45) is 0 Å². The summed E-state index contributed by atoms with van der Waals surface area (Å²) in [5.74, 6) is -0.601. The van der Waals surface area contributed by atoms with Crippen LogP contribution < -0.4 is 10.4 Å². The minimum Gasteiger partial charge on any atom is -0.490 e. The monoisotopic (exact) mass is 401 g/mol. The zero-order chi connectivity index (χ0) is 20.1. The standard InChI is InChI=1S/C21H18F3N3O2/c22-13-2-1-3-17(9-13)29-18-10-16(11-18)27-21(28)26-19(4-5-20(26)25-27)12-6-14(23)8-15(24)7-12/h1-3,6-9,16,18-19H,4-5,10-11H2/t16-,18-,19-/m0/s1. The van der Waals surface area contributed by atoms with Gasteiger partial charge in [0, 0.05) is 31.4 Å². The lowest BCUT2D eigenvalue weighted by atomic mass is 9.89. The lowest BCUT2D eigenvalue weighted by molar-refractivity contribution is 0.0621. The Morgan fingerprint density at radius 3 is 2.48 bits per heavy atom. The van der Waals surface area contributed by atoms with E-state index in [9.17, 15) is 18.0 Å². The van der Waals surface area contributed by atoms with Gasteiger partial charge in [0.25, 0.3) is 0 Å². The summed E-state index contributed by atoms with van der Waals surface area (Å²) in [4.78, 5) is 12.9. The molecule has 0 spiro atoms. The molecule has 2 heterocycles. The fraction of sp³-hybridized carbons (Fsp3) is 0.333. The fourth-order valence-corrected chi connectivity index (χ4v) is 4.20. The summed E-state index contributed by atoms with van der Waals surface area (Å²) in [6, 6.07) is 8.77. The van der Waals surface area contributed by atoms with E-state index in [1.165, 1.54) is 33.5 Å². The van der Waals surface area contributed by atoms with Crippen molar-refractivity contribution >= 4 is 0 Å².